The Balaban J connectivity index is 2.37. The fourth-order valence-corrected chi connectivity index (χ4v) is 2.78. The summed E-state index contributed by atoms with van der Waals surface area (Å²) >= 11 is 0. The molecule has 5 nitrogen and oxygen atoms in total. The number of hydrogen-bond donors (Lipinski definition) is 1. The molecule has 2 rings (SSSR count). The molecule has 0 aromatic heterocycles. The highest BCUT2D eigenvalue weighted by Gasteiger charge is 2.27. The number of aryl methyl sites for hydroxylation is 1. The fourth-order valence-electron chi connectivity index (χ4n) is 2.78. The van der Waals surface area contributed by atoms with Crippen molar-refractivity contribution >= 4 is 11.4 Å². The summed E-state index contributed by atoms with van der Waals surface area (Å²) in [5.41, 5.74) is 2.05. The first-order valence-electron chi connectivity index (χ1n) is 6.79. The Labute approximate surface area is 113 Å². The molecule has 1 aliphatic rings. The summed E-state index contributed by atoms with van der Waals surface area (Å²) < 4.78 is 0. The van der Waals surface area contributed by atoms with E-state index in [1.807, 2.05) is 20.0 Å². The minimum absolute atomic E-state index is 0.216. The van der Waals surface area contributed by atoms with Crippen molar-refractivity contribution in [3.63, 3.8) is 0 Å². The third-order valence-corrected chi connectivity index (χ3v) is 3.70. The first-order valence-corrected chi connectivity index (χ1v) is 6.79. The first kappa shape index (κ1) is 13.8. The second-order valence-electron chi connectivity index (χ2n) is 5.15. The van der Waals surface area contributed by atoms with Gasteiger partial charge in [0, 0.05) is 25.2 Å². The third-order valence-electron chi connectivity index (χ3n) is 3.70. The van der Waals surface area contributed by atoms with Crippen molar-refractivity contribution < 1.29 is 4.92 Å². The molecule has 0 bridgehead atoms. The maximum Gasteiger partial charge on any atom is 0.292 e. The van der Waals surface area contributed by atoms with Crippen LogP contribution in [-0.2, 0) is 0 Å². The van der Waals surface area contributed by atoms with Gasteiger partial charge in [-0.05, 0) is 44.9 Å². The van der Waals surface area contributed by atoms with Crippen molar-refractivity contribution in [2.75, 3.05) is 25.0 Å². The molecule has 0 aliphatic carbocycles. The molecule has 0 saturated carbocycles. The number of nitrogens with one attached hydrogen (secondary N) is 1. The Morgan fingerprint density at radius 1 is 1.47 bits per heavy atom. The van der Waals surface area contributed by atoms with E-state index in [0.717, 1.165) is 37.2 Å². The van der Waals surface area contributed by atoms with Crippen molar-refractivity contribution in [2.45, 2.75) is 32.2 Å². The van der Waals surface area contributed by atoms with Gasteiger partial charge in [0.25, 0.3) is 5.69 Å². The lowest BCUT2D eigenvalue weighted by Gasteiger charge is -2.37. The van der Waals surface area contributed by atoms with Gasteiger partial charge in [-0.2, -0.15) is 0 Å². The summed E-state index contributed by atoms with van der Waals surface area (Å²) in [6, 6.07) is 5.71. The maximum absolute atomic E-state index is 11.2. The van der Waals surface area contributed by atoms with Crippen molar-refractivity contribution in [2.24, 2.45) is 0 Å². The average molecular weight is 263 g/mol. The lowest BCUT2D eigenvalue weighted by molar-refractivity contribution is -0.384. The minimum atomic E-state index is -0.278. The van der Waals surface area contributed by atoms with Crippen LogP contribution in [0.2, 0.25) is 0 Å². The van der Waals surface area contributed by atoms with Crippen LogP contribution in [0.1, 0.15) is 24.8 Å². The van der Waals surface area contributed by atoms with E-state index in [9.17, 15) is 10.1 Å². The monoisotopic (exact) mass is 263 g/mol. The van der Waals surface area contributed by atoms with E-state index in [-0.39, 0.29) is 10.6 Å². The largest absolute Gasteiger partial charge is 0.362 e. The predicted octanol–water partition coefficient (Wildman–Crippen LogP) is 2.48. The zero-order chi connectivity index (χ0) is 13.8. The summed E-state index contributed by atoms with van der Waals surface area (Å²) in [5, 5.41) is 14.4. The van der Waals surface area contributed by atoms with Crippen LogP contribution in [0.4, 0.5) is 11.4 Å². The summed E-state index contributed by atoms with van der Waals surface area (Å²) in [6.07, 6.45) is 3.39. The van der Waals surface area contributed by atoms with Crippen molar-refractivity contribution in [1.29, 1.82) is 0 Å². The SMILES string of the molecule is CNCC1CCCCN1c1cc(C)ccc1[N+](=O)[O-]. The molecule has 104 valence electrons. The molecule has 1 aromatic carbocycles. The van der Waals surface area contributed by atoms with Gasteiger partial charge in [-0.1, -0.05) is 6.07 Å². The Bertz CT molecular complexity index is 460. The van der Waals surface area contributed by atoms with Crippen LogP contribution in [0.15, 0.2) is 18.2 Å². The molecule has 1 fully saturated rings. The summed E-state index contributed by atoms with van der Waals surface area (Å²) in [5.74, 6) is 0. The van der Waals surface area contributed by atoms with E-state index in [0.29, 0.717) is 6.04 Å². The molecule has 1 aromatic rings. The van der Waals surface area contributed by atoms with Gasteiger partial charge < -0.3 is 10.2 Å². The van der Waals surface area contributed by atoms with Gasteiger partial charge in [-0.15, -0.1) is 0 Å². The molecule has 0 spiro atoms. The average Bonchev–Trinajstić information content (AvgIpc) is 2.39. The van der Waals surface area contributed by atoms with Crippen LogP contribution >= 0.6 is 0 Å². The van der Waals surface area contributed by atoms with E-state index in [1.165, 1.54) is 6.42 Å². The van der Waals surface area contributed by atoms with E-state index >= 15 is 0 Å². The van der Waals surface area contributed by atoms with E-state index in [2.05, 4.69) is 10.2 Å². The highest BCUT2D eigenvalue weighted by molar-refractivity contribution is 5.65. The molecule has 0 radical (unpaired) electrons. The maximum atomic E-state index is 11.2. The molecular weight excluding hydrogens is 242 g/mol. The molecule has 1 heterocycles. The summed E-state index contributed by atoms with van der Waals surface area (Å²) in [4.78, 5) is 13.1. The van der Waals surface area contributed by atoms with Crippen LogP contribution in [0, 0.1) is 17.0 Å². The summed E-state index contributed by atoms with van der Waals surface area (Å²) in [7, 11) is 1.93. The highest BCUT2D eigenvalue weighted by Crippen LogP contribution is 2.33. The van der Waals surface area contributed by atoms with Gasteiger partial charge in [0.15, 0.2) is 0 Å². The van der Waals surface area contributed by atoms with Gasteiger partial charge in [0.05, 0.1) is 4.92 Å². The molecule has 5 heteroatoms. The normalized spacial score (nSPS) is 19.5. The second kappa shape index (κ2) is 6.02. The number of likely N-dealkylation sites (N-methyl/N-ethyl adjacent to an activating group) is 1. The van der Waals surface area contributed by atoms with Crippen molar-refractivity contribution in [1.82, 2.24) is 5.32 Å². The van der Waals surface area contributed by atoms with E-state index in [4.69, 9.17) is 0 Å². The Morgan fingerprint density at radius 2 is 2.26 bits per heavy atom. The number of benzene rings is 1. The van der Waals surface area contributed by atoms with Gasteiger partial charge >= 0.3 is 0 Å². The number of hydrogen-bond acceptors (Lipinski definition) is 4. The van der Waals surface area contributed by atoms with Gasteiger partial charge in [0.2, 0.25) is 0 Å². The smallest absolute Gasteiger partial charge is 0.292 e. The van der Waals surface area contributed by atoms with Crippen molar-refractivity contribution in [3.05, 3.63) is 33.9 Å². The molecule has 1 unspecified atom stereocenters. The van der Waals surface area contributed by atoms with Crippen LogP contribution in [0.3, 0.4) is 0 Å². The molecule has 1 saturated heterocycles. The molecule has 0 amide bonds. The second-order valence-corrected chi connectivity index (χ2v) is 5.15. The van der Waals surface area contributed by atoms with E-state index < -0.39 is 0 Å². The molecule has 1 N–H and O–H groups in total. The molecule has 1 aliphatic heterocycles. The van der Waals surface area contributed by atoms with Crippen LogP contribution in [0.25, 0.3) is 0 Å². The number of nitro groups is 1. The van der Waals surface area contributed by atoms with Crippen LogP contribution in [-0.4, -0.2) is 31.1 Å². The zero-order valence-corrected chi connectivity index (χ0v) is 11.6. The number of nitro benzene ring substituents is 1. The quantitative estimate of drug-likeness (QED) is 0.669. The third kappa shape index (κ3) is 3.04. The van der Waals surface area contributed by atoms with Gasteiger partial charge in [0.1, 0.15) is 5.69 Å². The van der Waals surface area contributed by atoms with Crippen LogP contribution < -0.4 is 10.2 Å². The Kier molecular flexibility index (Phi) is 4.37. The predicted molar refractivity (Wildman–Crippen MR) is 76.7 cm³/mol. The minimum Gasteiger partial charge on any atom is -0.362 e. The number of rotatable bonds is 4. The standard InChI is InChI=1S/C14H21N3O2/c1-11-6-7-13(17(18)19)14(9-11)16-8-4-3-5-12(16)10-15-2/h6-7,9,12,15H,3-5,8,10H2,1-2H3. The first-order chi connectivity index (χ1) is 9.13. The molecule has 19 heavy (non-hydrogen) atoms. The van der Waals surface area contributed by atoms with Gasteiger partial charge in [-0.3, -0.25) is 10.1 Å². The van der Waals surface area contributed by atoms with E-state index in [1.54, 1.807) is 12.1 Å². The Morgan fingerprint density at radius 3 is 2.95 bits per heavy atom. The lowest BCUT2D eigenvalue weighted by atomic mass is 10.00. The molecular formula is C14H21N3O2. The highest BCUT2D eigenvalue weighted by atomic mass is 16.6. The number of piperidine rings is 1. The number of anilines is 1. The fraction of sp³-hybridized carbons (Fsp3) is 0.571. The summed E-state index contributed by atoms with van der Waals surface area (Å²) in [6.45, 7) is 3.74. The zero-order valence-electron chi connectivity index (χ0n) is 11.6. The van der Waals surface area contributed by atoms with Crippen LogP contribution in [0.5, 0.6) is 0 Å². The van der Waals surface area contributed by atoms with Crippen molar-refractivity contribution in [3.8, 4) is 0 Å². The topological polar surface area (TPSA) is 58.4 Å². The Hall–Kier alpha value is -1.62. The number of nitrogens with zero attached hydrogens (tertiary/aromatic N) is 2. The lowest BCUT2D eigenvalue weighted by Crippen LogP contribution is -2.45. The molecule has 1 atom stereocenters. The van der Waals surface area contributed by atoms with Gasteiger partial charge in [-0.25, -0.2) is 0 Å².